The summed E-state index contributed by atoms with van der Waals surface area (Å²) < 4.78 is 0. The molecule has 1 atom stereocenters. The third-order valence-corrected chi connectivity index (χ3v) is 2.46. The fraction of sp³-hybridized carbons (Fsp3) is 0.400. The van der Waals surface area contributed by atoms with Crippen LogP contribution in [0, 0.1) is 0 Å². The summed E-state index contributed by atoms with van der Waals surface area (Å²) in [4.78, 5) is 0. The fourth-order valence-electron chi connectivity index (χ4n) is 1.76. The Labute approximate surface area is 66.7 Å². The lowest BCUT2D eigenvalue weighted by Gasteiger charge is -2.13. The first kappa shape index (κ1) is 6.86. The number of fused-ring (bicyclic) bond motifs is 1. The summed E-state index contributed by atoms with van der Waals surface area (Å²) in [6.07, 6.45) is 1.71. The minimum Gasteiger partial charge on any atom is -0.225 e. The average Bonchev–Trinajstić information content (AvgIpc) is 2.29. The van der Waals surface area contributed by atoms with Gasteiger partial charge in [-0.05, 0) is 30.9 Å². The van der Waals surface area contributed by atoms with E-state index >= 15 is 0 Å². The fourth-order valence-corrected chi connectivity index (χ4v) is 1.76. The van der Waals surface area contributed by atoms with Gasteiger partial charge >= 0.3 is 0 Å². The topological polar surface area (TPSA) is 19.9 Å². The lowest BCUT2D eigenvalue weighted by Crippen LogP contribution is -2.13. The van der Waals surface area contributed by atoms with E-state index < -0.39 is 5.60 Å². The highest BCUT2D eigenvalue weighted by Crippen LogP contribution is 2.36. The number of hydrogen-bond donors (Lipinski definition) is 0. The third kappa shape index (κ3) is 0.962. The number of hydrogen-bond acceptors (Lipinski definition) is 0. The van der Waals surface area contributed by atoms with Gasteiger partial charge in [0, 0.05) is 0 Å². The second kappa shape index (κ2) is 2.08. The van der Waals surface area contributed by atoms with E-state index in [1.165, 1.54) is 5.56 Å². The summed E-state index contributed by atoms with van der Waals surface area (Å²) >= 11 is 0. The van der Waals surface area contributed by atoms with Crippen molar-refractivity contribution in [1.82, 2.24) is 0 Å². The van der Waals surface area contributed by atoms with E-state index in [1.54, 1.807) is 6.92 Å². The lowest BCUT2D eigenvalue weighted by molar-refractivity contribution is -0.0159. The van der Waals surface area contributed by atoms with Crippen LogP contribution >= 0.6 is 0 Å². The monoisotopic (exact) mass is 147 g/mol. The molecule has 1 aromatic carbocycles. The van der Waals surface area contributed by atoms with Crippen molar-refractivity contribution in [2.45, 2.75) is 25.4 Å². The van der Waals surface area contributed by atoms with Crippen molar-refractivity contribution in [3.05, 3.63) is 35.4 Å². The molecule has 0 saturated heterocycles. The van der Waals surface area contributed by atoms with E-state index in [0.717, 1.165) is 18.4 Å². The summed E-state index contributed by atoms with van der Waals surface area (Å²) in [5, 5.41) is 11.7. The number of rotatable bonds is 0. The van der Waals surface area contributed by atoms with Gasteiger partial charge in [0.15, 0.2) is 0 Å². The van der Waals surface area contributed by atoms with Crippen LogP contribution < -0.4 is 0 Å². The van der Waals surface area contributed by atoms with E-state index in [9.17, 15) is 5.11 Å². The molecular formula is C10H11O. The first-order valence-electron chi connectivity index (χ1n) is 3.99. The van der Waals surface area contributed by atoms with Crippen LogP contribution in [0.15, 0.2) is 24.3 Å². The van der Waals surface area contributed by atoms with Gasteiger partial charge in [-0.3, -0.25) is 0 Å². The van der Waals surface area contributed by atoms with E-state index in [2.05, 4.69) is 6.07 Å². The smallest absolute Gasteiger partial charge is 0.126 e. The van der Waals surface area contributed by atoms with Crippen LogP contribution in [0.1, 0.15) is 24.5 Å². The van der Waals surface area contributed by atoms with Crippen LogP contribution in [0.5, 0.6) is 0 Å². The Morgan fingerprint density at radius 1 is 1.36 bits per heavy atom. The Balaban J connectivity index is 2.56. The summed E-state index contributed by atoms with van der Waals surface area (Å²) in [7, 11) is 0. The van der Waals surface area contributed by atoms with E-state index in [4.69, 9.17) is 0 Å². The first-order chi connectivity index (χ1) is 5.20. The molecule has 1 unspecified atom stereocenters. The largest absolute Gasteiger partial charge is 0.225 e. The minimum absolute atomic E-state index is 0.756. The second-order valence-corrected chi connectivity index (χ2v) is 3.39. The van der Waals surface area contributed by atoms with Gasteiger partial charge in [0.25, 0.3) is 0 Å². The molecule has 0 spiro atoms. The predicted molar refractivity (Wildman–Crippen MR) is 42.8 cm³/mol. The third-order valence-electron chi connectivity index (χ3n) is 2.46. The normalized spacial score (nSPS) is 28.5. The molecule has 0 heterocycles. The second-order valence-electron chi connectivity index (χ2n) is 3.39. The van der Waals surface area contributed by atoms with Gasteiger partial charge in [-0.2, -0.15) is 0 Å². The standard InChI is InChI=1S/C10H11O/c1-10(11)7-6-8-4-2-3-5-9(8)10/h2-5H,6-7H2,1H3. The molecule has 11 heavy (non-hydrogen) atoms. The average molecular weight is 147 g/mol. The zero-order chi connectivity index (χ0) is 7.90. The number of aryl methyl sites for hydroxylation is 1. The van der Waals surface area contributed by atoms with Crippen molar-refractivity contribution in [2.24, 2.45) is 0 Å². The molecule has 2 rings (SSSR count). The molecule has 1 aliphatic carbocycles. The highest BCUT2D eigenvalue weighted by atomic mass is 16.3. The zero-order valence-electron chi connectivity index (χ0n) is 6.63. The van der Waals surface area contributed by atoms with Gasteiger partial charge in [0.05, 0.1) is 0 Å². The Morgan fingerprint density at radius 3 is 2.82 bits per heavy atom. The van der Waals surface area contributed by atoms with Crippen molar-refractivity contribution in [3.63, 3.8) is 0 Å². The van der Waals surface area contributed by atoms with Crippen LogP contribution in [0.25, 0.3) is 0 Å². The van der Waals surface area contributed by atoms with Crippen LogP contribution in [0.2, 0.25) is 0 Å². The molecule has 0 aromatic heterocycles. The Bertz CT molecular complexity index is 276. The van der Waals surface area contributed by atoms with Crippen molar-refractivity contribution in [2.75, 3.05) is 0 Å². The number of benzene rings is 1. The summed E-state index contributed by atoms with van der Waals surface area (Å²) in [5.41, 5.74) is 1.42. The summed E-state index contributed by atoms with van der Waals surface area (Å²) in [6.45, 7) is 1.78. The van der Waals surface area contributed by atoms with Gasteiger partial charge in [-0.25, -0.2) is 5.11 Å². The van der Waals surface area contributed by atoms with Crippen LogP contribution in [0.3, 0.4) is 0 Å². The highest BCUT2D eigenvalue weighted by Gasteiger charge is 2.32. The van der Waals surface area contributed by atoms with Gasteiger partial charge < -0.3 is 0 Å². The molecule has 57 valence electrons. The zero-order valence-corrected chi connectivity index (χ0v) is 6.63. The van der Waals surface area contributed by atoms with Crippen molar-refractivity contribution >= 4 is 0 Å². The molecule has 0 N–H and O–H groups in total. The van der Waals surface area contributed by atoms with E-state index in [0.29, 0.717) is 0 Å². The Hall–Kier alpha value is -0.820. The molecule has 0 bridgehead atoms. The maximum Gasteiger partial charge on any atom is 0.126 e. The first-order valence-corrected chi connectivity index (χ1v) is 3.99. The molecule has 0 aliphatic heterocycles. The van der Waals surface area contributed by atoms with Crippen LogP contribution in [-0.4, -0.2) is 0 Å². The molecule has 1 nitrogen and oxygen atoms in total. The SMILES string of the molecule is CC1([O])CCc2ccccc21. The van der Waals surface area contributed by atoms with Crippen molar-refractivity contribution in [3.8, 4) is 0 Å². The summed E-state index contributed by atoms with van der Waals surface area (Å²) in [5.74, 6) is 0. The van der Waals surface area contributed by atoms with Gasteiger partial charge in [0.1, 0.15) is 5.60 Å². The molecule has 0 fully saturated rings. The van der Waals surface area contributed by atoms with Gasteiger partial charge in [-0.1, -0.05) is 24.3 Å². The van der Waals surface area contributed by atoms with Gasteiger partial charge in [-0.15, -0.1) is 0 Å². The van der Waals surface area contributed by atoms with E-state index in [-0.39, 0.29) is 0 Å². The van der Waals surface area contributed by atoms with Crippen molar-refractivity contribution < 1.29 is 5.11 Å². The predicted octanol–water partition coefficient (Wildman–Crippen LogP) is 2.28. The van der Waals surface area contributed by atoms with Crippen molar-refractivity contribution in [1.29, 1.82) is 0 Å². The van der Waals surface area contributed by atoms with Crippen LogP contribution in [-0.2, 0) is 17.1 Å². The molecule has 0 saturated carbocycles. The van der Waals surface area contributed by atoms with Gasteiger partial charge in [0.2, 0.25) is 0 Å². The minimum atomic E-state index is -0.823. The molecular weight excluding hydrogens is 136 g/mol. The maximum atomic E-state index is 11.7. The Morgan fingerprint density at radius 2 is 2.09 bits per heavy atom. The lowest BCUT2D eigenvalue weighted by atomic mass is 9.99. The van der Waals surface area contributed by atoms with E-state index in [1.807, 2.05) is 18.2 Å². The highest BCUT2D eigenvalue weighted by molar-refractivity contribution is 5.36. The molecule has 1 aromatic rings. The molecule has 1 heteroatoms. The molecule has 1 aliphatic rings. The molecule has 1 radical (unpaired) electrons. The maximum absolute atomic E-state index is 11.7. The van der Waals surface area contributed by atoms with Crippen LogP contribution in [0.4, 0.5) is 0 Å². The Kier molecular flexibility index (Phi) is 1.30. The quantitative estimate of drug-likeness (QED) is 0.536. The molecule has 0 amide bonds. The summed E-state index contributed by atoms with van der Waals surface area (Å²) in [6, 6.07) is 7.95.